The average molecular weight is 322 g/mol. The van der Waals surface area contributed by atoms with Crippen LogP contribution in [-0.4, -0.2) is 22.1 Å². The summed E-state index contributed by atoms with van der Waals surface area (Å²) in [6.07, 6.45) is 3.62. The highest BCUT2D eigenvalue weighted by molar-refractivity contribution is 5.89. The first-order valence-corrected chi connectivity index (χ1v) is 7.18. The van der Waals surface area contributed by atoms with E-state index in [0.29, 0.717) is 22.3 Å². The van der Waals surface area contributed by atoms with Crippen molar-refractivity contribution in [2.45, 2.75) is 0 Å². The van der Waals surface area contributed by atoms with Gasteiger partial charge in [-0.05, 0) is 42.0 Å². The third-order valence-corrected chi connectivity index (χ3v) is 3.58. The molecule has 6 heteroatoms. The van der Waals surface area contributed by atoms with Crippen LogP contribution >= 0.6 is 0 Å². The van der Waals surface area contributed by atoms with Crippen LogP contribution in [0, 0.1) is 10.1 Å². The number of pyridine rings is 1. The Morgan fingerprint density at radius 3 is 2.75 bits per heavy atom. The molecule has 0 amide bonds. The van der Waals surface area contributed by atoms with Crippen LogP contribution in [-0.2, 0) is 0 Å². The molecule has 0 radical (unpaired) electrons. The maximum atomic E-state index is 11.0. The van der Waals surface area contributed by atoms with Crippen molar-refractivity contribution in [1.29, 1.82) is 0 Å². The van der Waals surface area contributed by atoms with Gasteiger partial charge in [0.1, 0.15) is 0 Å². The molecule has 24 heavy (non-hydrogen) atoms. The van der Waals surface area contributed by atoms with Crippen LogP contribution < -0.4 is 4.74 Å². The third kappa shape index (κ3) is 3.03. The lowest BCUT2D eigenvalue weighted by Crippen LogP contribution is -1.91. The lowest BCUT2D eigenvalue weighted by atomic mass is 10.1. The maximum Gasteiger partial charge on any atom is 0.278 e. The summed E-state index contributed by atoms with van der Waals surface area (Å²) in [5.41, 5.74) is 2.12. The molecule has 0 saturated carbocycles. The number of aromatic nitrogens is 1. The number of nitro groups is 1. The predicted molar refractivity (Wildman–Crippen MR) is 92.0 cm³/mol. The number of nitrogens with zero attached hydrogens (tertiary/aromatic N) is 2. The van der Waals surface area contributed by atoms with E-state index < -0.39 is 4.92 Å². The van der Waals surface area contributed by atoms with Gasteiger partial charge in [-0.15, -0.1) is 0 Å². The van der Waals surface area contributed by atoms with Crippen molar-refractivity contribution in [1.82, 2.24) is 4.98 Å². The normalized spacial score (nSPS) is 11.0. The molecule has 1 heterocycles. The summed E-state index contributed by atoms with van der Waals surface area (Å²) in [5.74, 6) is 0.463. The number of fused-ring (bicyclic) bond motifs is 1. The van der Waals surface area contributed by atoms with Gasteiger partial charge in [-0.3, -0.25) is 10.1 Å². The van der Waals surface area contributed by atoms with Gasteiger partial charge in [0.25, 0.3) is 5.69 Å². The summed E-state index contributed by atoms with van der Waals surface area (Å²) in [6, 6.07) is 13.2. The van der Waals surface area contributed by atoms with Crippen LogP contribution in [0.3, 0.4) is 0 Å². The fraction of sp³-hybridized carbons (Fsp3) is 0.0556. The summed E-state index contributed by atoms with van der Waals surface area (Å²) < 4.78 is 5.07. The molecular weight excluding hydrogens is 308 g/mol. The third-order valence-electron chi connectivity index (χ3n) is 3.58. The zero-order valence-electron chi connectivity index (χ0n) is 12.8. The molecule has 6 nitrogen and oxygen atoms in total. The van der Waals surface area contributed by atoms with Gasteiger partial charge in [0.2, 0.25) is 0 Å². The Balaban J connectivity index is 1.94. The standard InChI is InChI=1S/C18H14N2O4/c1-24-18-11-12(6-10-17(18)21)5-7-13-8-9-14-15(19-13)3-2-4-16(14)20(22)23/h2-11,21H,1H3. The first-order valence-electron chi connectivity index (χ1n) is 7.18. The number of non-ortho nitro benzene ring substituents is 1. The second kappa shape index (κ2) is 6.37. The number of rotatable bonds is 4. The van der Waals surface area contributed by atoms with Gasteiger partial charge in [-0.2, -0.15) is 0 Å². The van der Waals surface area contributed by atoms with Gasteiger partial charge in [-0.1, -0.05) is 18.2 Å². The molecule has 0 saturated heterocycles. The van der Waals surface area contributed by atoms with Gasteiger partial charge in [0.15, 0.2) is 11.5 Å². The molecule has 1 aromatic heterocycles. The van der Waals surface area contributed by atoms with E-state index in [1.807, 2.05) is 6.08 Å². The molecule has 0 aliphatic carbocycles. The highest BCUT2D eigenvalue weighted by Crippen LogP contribution is 2.27. The summed E-state index contributed by atoms with van der Waals surface area (Å²) >= 11 is 0. The van der Waals surface area contributed by atoms with Crippen molar-refractivity contribution in [3.05, 3.63) is 69.9 Å². The van der Waals surface area contributed by atoms with E-state index in [0.717, 1.165) is 5.56 Å². The number of nitro benzene ring substituents is 1. The minimum absolute atomic E-state index is 0.0406. The molecule has 3 aromatic rings. The van der Waals surface area contributed by atoms with Gasteiger partial charge < -0.3 is 9.84 Å². The number of hydrogen-bond acceptors (Lipinski definition) is 5. The van der Waals surface area contributed by atoms with Crippen LogP contribution in [0.1, 0.15) is 11.3 Å². The van der Waals surface area contributed by atoms with E-state index in [-0.39, 0.29) is 11.4 Å². The van der Waals surface area contributed by atoms with E-state index in [9.17, 15) is 15.2 Å². The summed E-state index contributed by atoms with van der Waals surface area (Å²) in [6.45, 7) is 0. The highest BCUT2D eigenvalue weighted by atomic mass is 16.6. The number of hydrogen-bond donors (Lipinski definition) is 1. The molecule has 0 unspecified atom stereocenters. The fourth-order valence-corrected chi connectivity index (χ4v) is 2.39. The molecule has 3 rings (SSSR count). The second-order valence-electron chi connectivity index (χ2n) is 5.10. The lowest BCUT2D eigenvalue weighted by Gasteiger charge is -2.04. The minimum Gasteiger partial charge on any atom is -0.504 e. The van der Waals surface area contributed by atoms with Gasteiger partial charge in [0.05, 0.1) is 28.6 Å². The minimum atomic E-state index is -0.414. The molecule has 0 fully saturated rings. The number of ether oxygens (including phenoxy) is 1. The molecule has 2 aromatic carbocycles. The van der Waals surface area contributed by atoms with Gasteiger partial charge in [0, 0.05) is 6.07 Å². The van der Waals surface area contributed by atoms with E-state index >= 15 is 0 Å². The summed E-state index contributed by atoms with van der Waals surface area (Å²) in [4.78, 5) is 15.0. The number of aromatic hydroxyl groups is 1. The number of phenolic OH excluding ortho intramolecular Hbond substituents is 1. The molecule has 0 aliphatic heterocycles. The quantitative estimate of drug-likeness (QED) is 0.579. The fourth-order valence-electron chi connectivity index (χ4n) is 2.39. The van der Waals surface area contributed by atoms with Crippen molar-refractivity contribution in [3.8, 4) is 11.5 Å². The van der Waals surface area contributed by atoms with Crippen LogP contribution in [0.15, 0.2) is 48.5 Å². The SMILES string of the molecule is COc1cc(C=Cc2ccc3c([N+](=O)[O-])cccc3n2)ccc1O. The Bertz CT molecular complexity index is 951. The largest absolute Gasteiger partial charge is 0.504 e. The zero-order valence-corrected chi connectivity index (χ0v) is 12.8. The molecule has 120 valence electrons. The monoisotopic (exact) mass is 322 g/mol. The van der Waals surface area contributed by atoms with Crippen molar-refractivity contribution < 1.29 is 14.8 Å². The topological polar surface area (TPSA) is 85.5 Å². The lowest BCUT2D eigenvalue weighted by molar-refractivity contribution is -0.383. The van der Waals surface area contributed by atoms with Crippen LogP contribution in [0.4, 0.5) is 5.69 Å². The van der Waals surface area contributed by atoms with Gasteiger partial charge >= 0.3 is 0 Å². The second-order valence-corrected chi connectivity index (χ2v) is 5.10. The van der Waals surface area contributed by atoms with E-state index in [1.165, 1.54) is 13.2 Å². The first kappa shape index (κ1) is 15.5. The molecule has 0 atom stereocenters. The number of methoxy groups -OCH3 is 1. The van der Waals surface area contributed by atoms with Crippen LogP contribution in [0.25, 0.3) is 23.1 Å². The maximum absolute atomic E-state index is 11.0. The Hall–Kier alpha value is -3.41. The van der Waals surface area contributed by atoms with Crippen molar-refractivity contribution in [2.75, 3.05) is 7.11 Å². The van der Waals surface area contributed by atoms with E-state index in [1.54, 1.807) is 48.5 Å². The van der Waals surface area contributed by atoms with Crippen LogP contribution in [0.5, 0.6) is 11.5 Å². The molecule has 1 N–H and O–H groups in total. The van der Waals surface area contributed by atoms with Crippen LogP contribution in [0.2, 0.25) is 0 Å². The number of benzene rings is 2. The summed E-state index contributed by atoms with van der Waals surface area (Å²) in [7, 11) is 1.49. The van der Waals surface area contributed by atoms with Crippen molar-refractivity contribution in [3.63, 3.8) is 0 Å². The zero-order chi connectivity index (χ0) is 17.1. The molecule has 0 spiro atoms. The Kier molecular flexibility index (Phi) is 4.11. The molecule has 0 bridgehead atoms. The first-order chi connectivity index (χ1) is 11.6. The highest BCUT2D eigenvalue weighted by Gasteiger charge is 2.11. The number of phenols is 1. The predicted octanol–water partition coefficient (Wildman–Crippen LogP) is 4.03. The average Bonchev–Trinajstić information content (AvgIpc) is 2.60. The Morgan fingerprint density at radius 1 is 1.17 bits per heavy atom. The van der Waals surface area contributed by atoms with E-state index in [2.05, 4.69) is 4.98 Å². The van der Waals surface area contributed by atoms with Crippen molar-refractivity contribution in [2.24, 2.45) is 0 Å². The van der Waals surface area contributed by atoms with Gasteiger partial charge in [-0.25, -0.2) is 4.98 Å². The van der Waals surface area contributed by atoms with E-state index in [4.69, 9.17) is 4.74 Å². The molecule has 0 aliphatic rings. The Morgan fingerprint density at radius 2 is 2.00 bits per heavy atom. The van der Waals surface area contributed by atoms with Crippen molar-refractivity contribution >= 4 is 28.7 Å². The Labute approximate surface area is 137 Å². The molecular formula is C18H14N2O4. The smallest absolute Gasteiger partial charge is 0.278 e. The summed E-state index contributed by atoms with van der Waals surface area (Å²) in [5, 5.41) is 21.1.